The lowest BCUT2D eigenvalue weighted by atomic mass is 10.1. The average Bonchev–Trinajstić information content (AvgIpc) is 3.26. The molecule has 2 heterocycles. The summed E-state index contributed by atoms with van der Waals surface area (Å²) in [6, 6.07) is 15.7. The van der Waals surface area contributed by atoms with Gasteiger partial charge in [0, 0.05) is 23.6 Å². The van der Waals surface area contributed by atoms with E-state index in [4.69, 9.17) is 23.6 Å². The molecule has 0 spiro atoms. The molecule has 3 aromatic rings. The molecule has 1 aliphatic heterocycles. The van der Waals surface area contributed by atoms with Crippen LogP contribution < -0.4 is 14.8 Å². The van der Waals surface area contributed by atoms with E-state index in [9.17, 15) is 0 Å². The fourth-order valence-electron chi connectivity index (χ4n) is 3.42. The molecule has 0 aliphatic carbocycles. The molecule has 1 fully saturated rings. The fraction of sp³-hybridized carbons (Fsp3) is 0.348. The number of hydrogen-bond acceptors (Lipinski definition) is 5. The van der Waals surface area contributed by atoms with Crippen LogP contribution in [-0.4, -0.2) is 33.0 Å². The van der Waals surface area contributed by atoms with Gasteiger partial charge in [0.25, 0.3) is 0 Å². The minimum Gasteiger partial charge on any atom is -0.497 e. The molecule has 5 nitrogen and oxygen atoms in total. The average molecular weight is 379 g/mol. The summed E-state index contributed by atoms with van der Waals surface area (Å²) in [7, 11) is 1.66. The van der Waals surface area contributed by atoms with Gasteiger partial charge in [-0.25, -0.2) is 0 Å². The Morgan fingerprint density at radius 3 is 2.61 bits per heavy atom. The smallest absolute Gasteiger partial charge is 0.137 e. The first kappa shape index (κ1) is 18.6. The zero-order valence-electron chi connectivity index (χ0n) is 16.3. The zero-order valence-corrected chi connectivity index (χ0v) is 16.3. The molecule has 28 heavy (non-hydrogen) atoms. The molecule has 1 saturated heterocycles. The Labute approximate surface area is 164 Å². The van der Waals surface area contributed by atoms with E-state index in [-0.39, 0.29) is 6.10 Å². The minimum absolute atomic E-state index is 0.201. The van der Waals surface area contributed by atoms with Crippen molar-refractivity contribution in [2.24, 2.45) is 4.99 Å². The first-order valence-electron chi connectivity index (χ1n) is 9.74. The zero-order chi connectivity index (χ0) is 19.3. The van der Waals surface area contributed by atoms with Crippen molar-refractivity contribution in [3.63, 3.8) is 0 Å². The summed E-state index contributed by atoms with van der Waals surface area (Å²) in [4.78, 5) is 4.87. The molecule has 1 aromatic heterocycles. The van der Waals surface area contributed by atoms with Crippen LogP contribution in [0.2, 0.25) is 0 Å². The van der Waals surface area contributed by atoms with Gasteiger partial charge in [0.15, 0.2) is 0 Å². The molecular formula is C23H25NO4. The topological polar surface area (TPSA) is 53.2 Å². The monoisotopic (exact) mass is 379 g/mol. The predicted octanol–water partition coefficient (Wildman–Crippen LogP) is 4.59. The van der Waals surface area contributed by atoms with Crippen LogP contribution in [0.3, 0.4) is 0 Å². The van der Waals surface area contributed by atoms with Crippen molar-refractivity contribution in [1.82, 2.24) is 0 Å². The van der Waals surface area contributed by atoms with Crippen LogP contribution in [0.1, 0.15) is 19.8 Å². The molecule has 1 atom stereocenters. The molecule has 0 N–H and O–H groups in total. The van der Waals surface area contributed by atoms with Crippen LogP contribution in [0, 0.1) is 0 Å². The Morgan fingerprint density at radius 2 is 1.89 bits per heavy atom. The van der Waals surface area contributed by atoms with Gasteiger partial charge in [-0.1, -0.05) is 0 Å². The Morgan fingerprint density at radius 1 is 1.07 bits per heavy atom. The van der Waals surface area contributed by atoms with Gasteiger partial charge in [-0.15, -0.1) is 0 Å². The van der Waals surface area contributed by atoms with Crippen molar-refractivity contribution in [1.29, 1.82) is 0 Å². The molecule has 146 valence electrons. The Balaban J connectivity index is 1.80. The number of hydrogen-bond donors (Lipinski definition) is 0. The number of nitrogens with zero attached hydrogens (tertiary/aromatic N) is 1. The number of benzene rings is 2. The molecule has 0 unspecified atom stereocenters. The lowest BCUT2D eigenvalue weighted by molar-refractivity contribution is 0.117. The van der Waals surface area contributed by atoms with E-state index >= 15 is 0 Å². The summed E-state index contributed by atoms with van der Waals surface area (Å²) in [5.74, 6) is 2.40. The van der Waals surface area contributed by atoms with Crippen molar-refractivity contribution in [2.45, 2.75) is 25.9 Å². The number of rotatable bonds is 6. The van der Waals surface area contributed by atoms with E-state index < -0.39 is 0 Å². The summed E-state index contributed by atoms with van der Waals surface area (Å²) in [5.41, 5.74) is 1.76. The summed E-state index contributed by atoms with van der Waals surface area (Å²) < 4.78 is 22.8. The molecule has 0 radical (unpaired) electrons. The molecule has 0 amide bonds. The van der Waals surface area contributed by atoms with Crippen molar-refractivity contribution >= 4 is 11.0 Å². The van der Waals surface area contributed by atoms with Crippen LogP contribution in [-0.2, 0) is 4.74 Å². The lowest BCUT2D eigenvalue weighted by Gasteiger charge is -2.09. The second-order valence-electron chi connectivity index (χ2n) is 6.79. The highest BCUT2D eigenvalue weighted by Crippen LogP contribution is 2.26. The third-order valence-electron chi connectivity index (χ3n) is 4.89. The number of fused-ring (bicyclic) bond motifs is 1. The second-order valence-corrected chi connectivity index (χ2v) is 6.79. The summed E-state index contributed by atoms with van der Waals surface area (Å²) in [6.45, 7) is 4.08. The lowest BCUT2D eigenvalue weighted by Crippen LogP contribution is -2.13. The normalized spacial score (nSPS) is 17.2. The molecule has 1 aliphatic rings. The molecule has 5 heteroatoms. The van der Waals surface area contributed by atoms with E-state index in [1.54, 1.807) is 7.11 Å². The molecule has 0 bridgehead atoms. The SMILES string of the molecule is CCOc1ccc2oc(-c3ccc(OC)cc3)cc(=NC[C@@H]3CCCO3)c2c1. The van der Waals surface area contributed by atoms with Crippen molar-refractivity contribution in [3.05, 3.63) is 53.9 Å². The first-order valence-corrected chi connectivity index (χ1v) is 9.74. The Kier molecular flexibility index (Phi) is 5.63. The quantitative estimate of drug-likeness (QED) is 0.629. The Bertz CT molecular complexity index is 1000. The standard InChI is InChI=1S/C23H25NO4/c1-3-26-18-10-11-22-20(13-18)21(24-15-19-5-4-12-27-19)14-23(28-22)16-6-8-17(25-2)9-7-16/h6-11,13-14,19H,3-5,12,15H2,1-2H3/t19-/m0/s1. The molecule has 2 aromatic carbocycles. The van der Waals surface area contributed by atoms with Crippen molar-refractivity contribution < 1.29 is 18.6 Å². The first-order chi connectivity index (χ1) is 13.8. The van der Waals surface area contributed by atoms with Gasteiger partial charge in [0.1, 0.15) is 22.8 Å². The van der Waals surface area contributed by atoms with Crippen molar-refractivity contribution in [2.75, 3.05) is 26.9 Å². The summed E-state index contributed by atoms with van der Waals surface area (Å²) in [5, 5.41) is 1.84. The number of methoxy groups -OCH3 is 1. The van der Waals surface area contributed by atoms with Crippen LogP contribution >= 0.6 is 0 Å². The van der Waals surface area contributed by atoms with Gasteiger partial charge < -0.3 is 18.6 Å². The molecule has 0 saturated carbocycles. The van der Waals surface area contributed by atoms with E-state index in [1.807, 2.05) is 55.5 Å². The maximum absolute atomic E-state index is 6.18. The number of ether oxygens (including phenoxy) is 3. The molecular weight excluding hydrogens is 354 g/mol. The Hall–Kier alpha value is -2.79. The molecule has 4 rings (SSSR count). The predicted molar refractivity (Wildman–Crippen MR) is 109 cm³/mol. The highest BCUT2D eigenvalue weighted by atomic mass is 16.5. The van der Waals surface area contributed by atoms with Gasteiger partial charge in [0.2, 0.25) is 0 Å². The fourth-order valence-corrected chi connectivity index (χ4v) is 3.42. The van der Waals surface area contributed by atoms with Crippen LogP contribution in [0.5, 0.6) is 11.5 Å². The van der Waals surface area contributed by atoms with Gasteiger partial charge in [-0.3, -0.25) is 4.99 Å². The minimum atomic E-state index is 0.201. The third-order valence-corrected chi connectivity index (χ3v) is 4.89. The summed E-state index contributed by atoms with van der Waals surface area (Å²) in [6.07, 6.45) is 2.37. The van der Waals surface area contributed by atoms with Gasteiger partial charge in [-0.2, -0.15) is 0 Å². The van der Waals surface area contributed by atoms with Crippen LogP contribution in [0.4, 0.5) is 0 Å². The highest BCUT2D eigenvalue weighted by molar-refractivity contribution is 5.80. The highest BCUT2D eigenvalue weighted by Gasteiger charge is 2.15. The van der Waals surface area contributed by atoms with E-state index in [1.165, 1.54) is 0 Å². The maximum atomic E-state index is 6.18. The largest absolute Gasteiger partial charge is 0.497 e. The van der Waals surface area contributed by atoms with Crippen molar-refractivity contribution in [3.8, 4) is 22.8 Å². The van der Waals surface area contributed by atoms with Crippen LogP contribution in [0.15, 0.2) is 57.9 Å². The van der Waals surface area contributed by atoms with E-state index in [2.05, 4.69) is 0 Å². The van der Waals surface area contributed by atoms with Crippen LogP contribution in [0.25, 0.3) is 22.3 Å². The van der Waals surface area contributed by atoms with Gasteiger partial charge in [0.05, 0.1) is 31.7 Å². The third kappa shape index (κ3) is 4.04. The second kappa shape index (κ2) is 8.48. The van der Waals surface area contributed by atoms with Gasteiger partial charge >= 0.3 is 0 Å². The van der Waals surface area contributed by atoms with Gasteiger partial charge in [-0.05, 0) is 62.2 Å². The van der Waals surface area contributed by atoms with E-state index in [0.29, 0.717) is 13.2 Å². The summed E-state index contributed by atoms with van der Waals surface area (Å²) >= 11 is 0. The van der Waals surface area contributed by atoms with E-state index in [0.717, 1.165) is 58.6 Å². The maximum Gasteiger partial charge on any atom is 0.137 e.